The van der Waals surface area contributed by atoms with Crippen LogP contribution in [0.15, 0.2) is 17.0 Å². The summed E-state index contributed by atoms with van der Waals surface area (Å²) in [5.41, 5.74) is 0.0976. The number of alkyl halides is 1. The first-order valence-electron chi connectivity index (χ1n) is 6.84. The third-order valence-corrected chi connectivity index (χ3v) is 6.62. The van der Waals surface area contributed by atoms with Crippen molar-refractivity contribution >= 4 is 33.2 Å². The lowest BCUT2D eigenvalue weighted by molar-refractivity contribution is 0.202. The molecule has 1 saturated heterocycles. The summed E-state index contributed by atoms with van der Waals surface area (Å²) in [5.74, 6) is -0.691. The van der Waals surface area contributed by atoms with Gasteiger partial charge in [-0.1, -0.05) is 18.5 Å². The van der Waals surface area contributed by atoms with Crippen molar-refractivity contribution in [3.63, 3.8) is 0 Å². The van der Waals surface area contributed by atoms with E-state index in [2.05, 4.69) is 0 Å². The smallest absolute Gasteiger partial charge is 0.207 e. The molecule has 0 spiro atoms. The van der Waals surface area contributed by atoms with Gasteiger partial charge in [0.1, 0.15) is 10.7 Å². The maximum atomic E-state index is 14.4. The van der Waals surface area contributed by atoms with E-state index in [1.54, 1.807) is 0 Å². The summed E-state index contributed by atoms with van der Waals surface area (Å²) >= 11 is 11.6. The van der Waals surface area contributed by atoms with Crippen molar-refractivity contribution in [2.45, 2.75) is 43.5 Å². The summed E-state index contributed by atoms with van der Waals surface area (Å²) in [5, 5.41) is 0.170. The van der Waals surface area contributed by atoms with Gasteiger partial charge in [0.25, 0.3) is 0 Å². The molecule has 2 unspecified atom stereocenters. The lowest BCUT2D eigenvalue weighted by Gasteiger charge is -2.36. The molecule has 21 heavy (non-hydrogen) atoms. The van der Waals surface area contributed by atoms with Crippen LogP contribution in [0.3, 0.4) is 0 Å². The Labute approximate surface area is 135 Å². The van der Waals surface area contributed by atoms with Crippen molar-refractivity contribution in [1.29, 1.82) is 0 Å². The Hall–Kier alpha value is -0.360. The van der Waals surface area contributed by atoms with Gasteiger partial charge in [-0.2, -0.15) is 4.31 Å². The van der Waals surface area contributed by atoms with Crippen LogP contribution in [0.2, 0.25) is 5.02 Å². The fourth-order valence-corrected chi connectivity index (χ4v) is 5.07. The van der Waals surface area contributed by atoms with Crippen LogP contribution in [-0.2, 0) is 15.9 Å². The molecule has 1 aromatic rings. The van der Waals surface area contributed by atoms with Gasteiger partial charge < -0.3 is 0 Å². The highest BCUT2D eigenvalue weighted by Crippen LogP contribution is 2.32. The first-order valence-corrected chi connectivity index (χ1v) is 9.20. The molecule has 1 heterocycles. The largest absolute Gasteiger partial charge is 0.246 e. The number of rotatable bonds is 3. The van der Waals surface area contributed by atoms with E-state index in [9.17, 15) is 12.8 Å². The molecule has 0 aliphatic carbocycles. The fourth-order valence-electron chi connectivity index (χ4n) is 2.67. The maximum Gasteiger partial charge on any atom is 0.246 e. The van der Waals surface area contributed by atoms with Gasteiger partial charge in [0.2, 0.25) is 10.0 Å². The molecule has 0 radical (unpaired) electrons. The van der Waals surface area contributed by atoms with Gasteiger partial charge in [0.05, 0.1) is 5.88 Å². The minimum atomic E-state index is -3.91. The van der Waals surface area contributed by atoms with Crippen LogP contribution < -0.4 is 0 Å². The molecule has 118 valence electrons. The average molecular weight is 354 g/mol. The maximum absolute atomic E-state index is 14.4. The van der Waals surface area contributed by atoms with Crippen LogP contribution in [0.5, 0.6) is 0 Å². The van der Waals surface area contributed by atoms with Gasteiger partial charge in [-0.05, 0) is 37.8 Å². The van der Waals surface area contributed by atoms with Gasteiger partial charge in [0.15, 0.2) is 0 Å². The van der Waals surface area contributed by atoms with E-state index in [0.29, 0.717) is 6.54 Å². The Kier molecular flexibility index (Phi) is 5.19. The van der Waals surface area contributed by atoms with E-state index < -0.39 is 15.8 Å². The molecule has 1 aliphatic heterocycles. The lowest BCUT2D eigenvalue weighted by atomic mass is 9.94. The third-order valence-electron chi connectivity index (χ3n) is 4.13. The minimum absolute atomic E-state index is 0.0976. The average Bonchev–Trinajstić information content (AvgIpc) is 2.43. The van der Waals surface area contributed by atoms with E-state index in [1.807, 2.05) is 13.8 Å². The third kappa shape index (κ3) is 3.21. The predicted molar refractivity (Wildman–Crippen MR) is 82.7 cm³/mol. The number of sulfonamides is 1. The Morgan fingerprint density at radius 3 is 2.67 bits per heavy atom. The lowest BCUT2D eigenvalue weighted by Crippen LogP contribution is -2.46. The molecular weight excluding hydrogens is 336 g/mol. The van der Waals surface area contributed by atoms with E-state index in [1.165, 1.54) is 10.4 Å². The standard InChI is InChI=1S/C14H18Cl2FNO2S/c1-9-4-3-5-18(10(9)2)21(19,20)13-7-12(16)6-11(8-15)14(13)17/h6-7,9-10H,3-5,8H2,1-2H3. The zero-order valence-corrected chi connectivity index (χ0v) is 14.3. The van der Waals surface area contributed by atoms with E-state index >= 15 is 0 Å². The van der Waals surface area contributed by atoms with E-state index in [4.69, 9.17) is 23.2 Å². The molecule has 0 amide bonds. The van der Waals surface area contributed by atoms with Gasteiger partial charge in [0, 0.05) is 23.2 Å². The quantitative estimate of drug-likeness (QED) is 0.769. The van der Waals surface area contributed by atoms with E-state index in [-0.39, 0.29) is 33.3 Å². The summed E-state index contributed by atoms with van der Waals surface area (Å²) in [6.45, 7) is 4.26. The predicted octanol–water partition coefficient (Wildman–Crippen LogP) is 4.03. The van der Waals surface area contributed by atoms with Crippen LogP contribution in [0, 0.1) is 11.7 Å². The summed E-state index contributed by atoms with van der Waals surface area (Å²) in [7, 11) is -3.91. The highest BCUT2D eigenvalue weighted by atomic mass is 35.5. The summed E-state index contributed by atoms with van der Waals surface area (Å²) in [6, 6.07) is 2.35. The second kappa shape index (κ2) is 6.41. The monoisotopic (exact) mass is 353 g/mol. The zero-order valence-electron chi connectivity index (χ0n) is 11.9. The molecule has 0 bridgehead atoms. The molecular formula is C14H18Cl2FNO2S. The first kappa shape index (κ1) is 17.0. The van der Waals surface area contributed by atoms with Crippen molar-refractivity contribution in [2.24, 2.45) is 5.92 Å². The number of hydrogen-bond donors (Lipinski definition) is 0. The number of halogens is 3. The summed E-state index contributed by atoms with van der Waals surface area (Å²) < 4.78 is 41.3. The van der Waals surface area contributed by atoms with E-state index in [0.717, 1.165) is 18.9 Å². The first-order chi connectivity index (χ1) is 9.78. The Bertz CT molecular complexity index is 636. The van der Waals surface area contributed by atoms with Crippen LogP contribution >= 0.6 is 23.2 Å². The topological polar surface area (TPSA) is 37.4 Å². The Balaban J connectivity index is 2.51. The molecule has 2 rings (SSSR count). The Morgan fingerprint density at radius 1 is 1.38 bits per heavy atom. The van der Waals surface area contributed by atoms with Crippen molar-refractivity contribution in [2.75, 3.05) is 6.54 Å². The highest BCUT2D eigenvalue weighted by molar-refractivity contribution is 7.89. The second-order valence-electron chi connectivity index (χ2n) is 5.49. The van der Waals surface area contributed by atoms with Crippen LogP contribution in [0.1, 0.15) is 32.3 Å². The van der Waals surface area contributed by atoms with Crippen molar-refractivity contribution in [1.82, 2.24) is 4.31 Å². The summed E-state index contributed by atoms with van der Waals surface area (Å²) in [6.07, 6.45) is 1.74. The van der Waals surface area contributed by atoms with Crippen LogP contribution in [0.25, 0.3) is 0 Å². The van der Waals surface area contributed by atoms with Gasteiger partial charge in [-0.15, -0.1) is 11.6 Å². The normalized spacial score (nSPS) is 24.2. The molecule has 0 N–H and O–H groups in total. The van der Waals surface area contributed by atoms with Gasteiger partial charge in [-0.25, -0.2) is 12.8 Å². The zero-order chi connectivity index (χ0) is 15.8. The molecule has 1 aliphatic rings. The van der Waals surface area contributed by atoms with Crippen molar-refractivity contribution < 1.29 is 12.8 Å². The number of hydrogen-bond acceptors (Lipinski definition) is 2. The second-order valence-corrected chi connectivity index (χ2v) is 8.05. The Morgan fingerprint density at radius 2 is 2.05 bits per heavy atom. The molecule has 3 nitrogen and oxygen atoms in total. The minimum Gasteiger partial charge on any atom is -0.207 e. The molecule has 2 atom stereocenters. The number of piperidine rings is 1. The van der Waals surface area contributed by atoms with Gasteiger partial charge >= 0.3 is 0 Å². The molecule has 7 heteroatoms. The molecule has 0 aromatic heterocycles. The fraction of sp³-hybridized carbons (Fsp3) is 0.571. The van der Waals surface area contributed by atoms with Crippen LogP contribution in [0.4, 0.5) is 4.39 Å². The SMILES string of the molecule is CC1CCCN(S(=O)(=O)c2cc(Cl)cc(CCl)c2F)C1C. The number of benzene rings is 1. The van der Waals surface area contributed by atoms with Gasteiger partial charge in [-0.3, -0.25) is 0 Å². The molecule has 1 aromatic carbocycles. The van der Waals surface area contributed by atoms with Crippen molar-refractivity contribution in [3.8, 4) is 0 Å². The molecule has 1 fully saturated rings. The van der Waals surface area contributed by atoms with Crippen LogP contribution in [-0.4, -0.2) is 25.3 Å². The summed E-state index contributed by atoms with van der Waals surface area (Å²) in [4.78, 5) is -0.383. The highest BCUT2D eigenvalue weighted by Gasteiger charge is 2.36. The molecule has 0 saturated carbocycles. The number of nitrogens with zero attached hydrogens (tertiary/aromatic N) is 1. The van der Waals surface area contributed by atoms with Crippen molar-refractivity contribution in [3.05, 3.63) is 28.5 Å².